The Morgan fingerprint density at radius 2 is 2.08 bits per heavy atom. The maximum atomic E-state index is 12.1. The molecule has 1 aliphatic heterocycles. The SMILES string of the molecule is CS(=O)(=O)N(CCC(=O)Nc1cccc(C#N)c1)CCN1CCOCC1. The molecule has 1 aromatic rings. The number of carbonyl (C=O) groups is 1. The third kappa shape index (κ3) is 6.72. The highest BCUT2D eigenvalue weighted by molar-refractivity contribution is 7.88. The maximum absolute atomic E-state index is 12.1. The maximum Gasteiger partial charge on any atom is 0.225 e. The van der Waals surface area contributed by atoms with Crippen LogP contribution in [0.1, 0.15) is 12.0 Å². The van der Waals surface area contributed by atoms with Crippen LogP contribution in [0.15, 0.2) is 24.3 Å². The first-order valence-corrected chi connectivity index (χ1v) is 10.3. The molecule has 0 unspecified atom stereocenters. The van der Waals surface area contributed by atoms with Crippen molar-refractivity contribution in [2.75, 3.05) is 57.5 Å². The number of rotatable bonds is 8. The van der Waals surface area contributed by atoms with Crippen LogP contribution in [-0.2, 0) is 19.6 Å². The summed E-state index contributed by atoms with van der Waals surface area (Å²) in [6.45, 7) is 3.96. The molecule has 0 saturated carbocycles. The molecule has 9 heteroatoms. The van der Waals surface area contributed by atoms with E-state index in [4.69, 9.17) is 10.00 Å². The highest BCUT2D eigenvalue weighted by Crippen LogP contribution is 2.10. The molecule has 1 saturated heterocycles. The lowest BCUT2D eigenvalue weighted by molar-refractivity contribution is -0.116. The number of nitrogens with one attached hydrogen (secondary N) is 1. The summed E-state index contributed by atoms with van der Waals surface area (Å²) in [6.07, 6.45) is 1.20. The van der Waals surface area contributed by atoms with Gasteiger partial charge in [-0.3, -0.25) is 9.69 Å². The average molecular weight is 380 g/mol. The van der Waals surface area contributed by atoms with Gasteiger partial charge in [-0.1, -0.05) is 6.07 Å². The number of sulfonamides is 1. The number of morpholine rings is 1. The zero-order chi connectivity index (χ0) is 19.0. The van der Waals surface area contributed by atoms with E-state index in [1.165, 1.54) is 4.31 Å². The van der Waals surface area contributed by atoms with Gasteiger partial charge in [-0.25, -0.2) is 12.7 Å². The van der Waals surface area contributed by atoms with E-state index in [0.29, 0.717) is 37.6 Å². The van der Waals surface area contributed by atoms with E-state index in [2.05, 4.69) is 10.2 Å². The Bertz CT molecular complexity index is 754. The minimum atomic E-state index is -3.39. The summed E-state index contributed by atoms with van der Waals surface area (Å²) in [4.78, 5) is 14.3. The van der Waals surface area contributed by atoms with Crippen LogP contribution in [0.25, 0.3) is 0 Å². The zero-order valence-electron chi connectivity index (χ0n) is 14.8. The molecule has 142 valence electrons. The molecule has 1 aromatic carbocycles. The van der Waals surface area contributed by atoms with Crippen molar-refractivity contribution < 1.29 is 17.9 Å². The summed E-state index contributed by atoms with van der Waals surface area (Å²) >= 11 is 0. The Hall–Kier alpha value is -1.99. The fourth-order valence-corrected chi connectivity index (χ4v) is 3.47. The Morgan fingerprint density at radius 3 is 2.73 bits per heavy atom. The summed E-state index contributed by atoms with van der Waals surface area (Å²) in [5, 5.41) is 11.6. The molecule has 0 aromatic heterocycles. The van der Waals surface area contributed by atoms with Gasteiger partial charge in [-0.05, 0) is 18.2 Å². The van der Waals surface area contributed by atoms with Gasteiger partial charge < -0.3 is 10.1 Å². The second-order valence-corrected chi connectivity index (χ2v) is 8.09. The number of ether oxygens (including phenoxy) is 1. The third-order valence-corrected chi connectivity index (χ3v) is 5.41. The predicted octanol–water partition coefficient (Wildman–Crippen LogP) is 0.481. The average Bonchev–Trinajstić information content (AvgIpc) is 2.61. The lowest BCUT2D eigenvalue weighted by Crippen LogP contribution is -2.43. The van der Waals surface area contributed by atoms with Gasteiger partial charge >= 0.3 is 0 Å². The van der Waals surface area contributed by atoms with Crippen LogP contribution >= 0.6 is 0 Å². The first kappa shape index (κ1) is 20.3. The molecule has 8 nitrogen and oxygen atoms in total. The largest absolute Gasteiger partial charge is 0.379 e. The molecular weight excluding hydrogens is 356 g/mol. The predicted molar refractivity (Wildman–Crippen MR) is 98.1 cm³/mol. The van der Waals surface area contributed by atoms with Crippen molar-refractivity contribution in [1.82, 2.24) is 9.21 Å². The lowest BCUT2D eigenvalue weighted by atomic mass is 10.2. The summed E-state index contributed by atoms with van der Waals surface area (Å²) in [6, 6.07) is 8.59. The monoisotopic (exact) mass is 380 g/mol. The summed E-state index contributed by atoms with van der Waals surface area (Å²) in [7, 11) is -3.39. The number of anilines is 1. The number of amides is 1. The number of carbonyl (C=O) groups excluding carboxylic acids is 1. The van der Waals surface area contributed by atoms with Crippen molar-refractivity contribution in [3.8, 4) is 6.07 Å². The van der Waals surface area contributed by atoms with Crippen LogP contribution in [0, 0.1) is 11.3 Å². The Kier molecular flexibility index (Phi) is 7.53. The van der Waals surface area contributed by atoms with Crippen LogP contribution in [-0.4, -0.2) is 75.7 Å². The van der Waals surface area contributed by atoms with E-state index in [0.717, 1.165) is 19.3 Å². The minimum Gasteiger partial charge on any atom is -0.379 e. The van der Waals surface area contributed by atoms with Gasteiger partial charge in [-0.2, -0.15) is 5.26 Å². The Balaban J connectivity index is 1.85. The van der Waals surface area contributed by atoms with Crippen molar-refractivity contribution in [3.05, 3.63) is 29.8 Å². The molecule has 26 heavy (non-hydrogen) atoms. The van der Waals surface area contributed by atoms with Gasteiger partial charge in [0.1, 0.15) is 0 Å². The first-order chi connectivity index (χ1) is 12.4. The molecule has 1 N–H and O–H groups in total. The van der Waals surface area contributed by atoms with Crippen molar-refractivity contribution in [1.29, 1.82) is 5.26 Å². The molecule has 1 amide bonds. The summed E-state index contributed by atoms with van der Waals surface area (Å²) in [5.41, 5.74) is 0.972. The van der Waals surface area contributed by atoms with Gasteiger partial charge in [0.05, 0.1) is 31.1 Å². The van der Waals surface area contributed by atoms with Crippen LogP contribution in [0.4, 0.5) is 5.69 Å². The quantitative estimate of drug-likeness (QED) is 0.704. The van der Waals surface area contributed by atoms with Gasteiger partial charge in [-0.15, -0.1) is 0 Å². The second-order valence-electron chi connectivity index (χ2n) is 6.11. The molecule has 2 rings (SSSR count). The van der Waals surface area contributed by atoms with Gasteiger partial charge in [0, 0.05) is 44.8 Å². The van der Waals surface area contributed by atoms with Crippen molar-refractivity contribution in [2.24, 2.45) is 0 Å². The number of nitriles is 1. The number of benzene rings is 1. The van der Waals surface area contributed by atoms with Crippen LogP contribution in [0.5, 0.6) is 0 Å². The third-order valence-electron chi connectivity index (χ3n) is 4.10. The Morgan fingerprint density at radius 1 is 1.35 bits per heavy atom. The molecule has 1 aliphatic rings. The molecule has 0 aliphatic carbocycles. The topological polar surface area (TPSA) is 103 Å². The zero-order valence-corrected chi connectivity index (χ0v) is 15.7. The van der Waals surface area contributed by atoms with Gasteiger partial charge in [0.15, 0.2) is 0 Å². The van der Waals surface area contributed by atoms with E-state index in [1.807, 2.05) is 6.07 Å². The van der Waals surface area contributed by atoms with Gasteiger partial charge in [0.25, 0.3) is 0 Å². The lowest BCUT2D eigenvalue weighted by Gasteiger charge is -2.29. The number of nitrogens with zero attached hydrogens (tertiary/aromatic N) is 3. The Labute approximate surface area is 154 Å². The van der Waals surface area contributed by atoms with Gasteiger partial charge in [0.2, 0.25) is 15.9 Å². The fourth-order valence-electron chi connectivity index (χ4n) is 2.64. The van der Waals surface area contributed by atoms with E-state index in [1.54, 1.807) is 24.3 Å². The number of hydrogen-bond acceptors (Lipinski definition) is 6. The van der Waals surface area contributed by atoms with E-state index in [9.17, 15) is 13.2 Å². The smallest absolute Gasteiger partial charge is 0.225 e. The van der Waals surface area contributed by atoms with E-state index in [-0.39, 0.29) is 18.9 Å². The van der Waals surface area contributed by atoms with Crippen LogP contribution in [0.2, 0.25) is 0 Å². The highest BCUT2D eigenvalue weighted by atomic mass is 32.2. The van der Waals surface area contributed by atoms with Crippen LogP contribution < -0.4 is 5.32 Å². The van der Waals surface area contributed by atoms with Crippen LogP contribution in [0.3, 0.4) is 0 Å². The second kappa shape index (κ2) is 9.64. The molecular formula is C17H24N4O4S. The minimum absolute atomic E-state index is 0.0486. The molecule has 0 atom stereocenters. The summed E-state index contributed by atoms with van der Waals surface area (Å²) < 4.78 is 30.6. The van der Waals surface area contributed by atoms with E-state index >= 15 is 0 Å². The molecule has 1 fully saturated rings. The first-order valence-electron chi connectivity index (χ1n) is 8.44. The number of hydrogen-bond donors (Lipinski definition) is 1. The highest BCUT2D eigenvalue weighted by Gasteiger charge is 2.20. The van der Waals surface area contributed by atoms with Crippen molar-refractivity contribution in [2.45, 2.75) is 6.42 Å². The molecule has 0 radical (unpaired) electrons. The molecule has 1 heterocycles. The molecule has 0 bridgehead atoms. The summed E-state index contributed by atoms with van der Waals surface area (Å²) in [5.74, 6) is -0.292. The van der Waals surface area contributed by atoms with Crippen molar-refractivity contribution >= 4 is 21.6 Å². The van der Waals surface area contributed by atoms with E-state index < -0.39 is 10.0 Å². The fraction of sp³-hybridized carbons (Fsp3) is 0.529. The molecule has 0 spiro atoms. The normalized spacial score (nSPS) is 15.6. The van der Waals surface area contributed by atoms with Crippen molar-refractivity contribution in [3.63, 3.8) is 0 Å². The standard InChI is InChI=1S/C17H24N4O4S/c1-26(23,24)21(8-7-20-9-11-25-12-10-20)6-5-17(22)19-16-4-2-3-15(13-16)14-18/h2-4,13H,5-12H2,1H3,(H,19,22).